The SMILES string of the molecule is CO[C@H](CC(=O)N[O-])C(Cc1ccc(Cl)cc1C)c1ccc(F)cc1F.[K+]. The second-order valence-corrected chi connectivity index (χ2v) is 6.49. The van der Waals surface area contributed by atoms with Crippen molar-refractivity contribution in [3.63, 3.8) is 0 Å². The molecule has 1 amide bonds. The molecule has 0 heterocycles. The van der Waals surface area contributed by atoms with Crippen LogP contribution >= 0.6 is 11.6 Å². The molecule has 0 aliphatic carbocycles. The molecule has 0 radical (unpaired) electrons. The molecule has 0 spiro atoms. The predicted molar refractivity (Wildman–Crippen MR) is 95.9 cm³/mol. The van der Waals surface area contributed by atoms with Crippen molar-refractivity contribution in [1.29, 1.82) is 0 Å². The zero-order valence-electron chi connectivity index (χ0n) is 15.4. The van der Waals surface area contributed by atoms with E-state index in [4.69, 9.17) is 16.3 Å². The van der Waals surface area contributed by atoms with Crippen molar-refractivity contribution in [1.82, 2.24) is 5.48 Å². The fourth-order valence-electron chi connectivity index (χ4n) is 2.98. The van der Waals surface area contributed by atoms with E-state index in [1.807, 2.05) is 13.0 Å². The van der Waals surface area contributed by atoms with Crippen LogP contribution in [0.15, 0.2) is 36.4 Å². The van der Waals surface area contributed by atoms with E-state index in [1.165, 1.54) is 18.7 Å². The minimum Gasteiger partial charge on any atom is -0.759 e. The Kier molecular flexibility index (Phi) is 10.6. The van der Waals surface area contributed by atoms with Gasteiger partial charge in [0.2, 0.25) is 5.91 Å². The molecule has 140 valence electrons. The van der Waals surface area contributed by atoms with Gasteiger partial charge in [0.1, 0.15) is 11.6 Å². The molecule has 0 aromatic heterocycles. The van der Waals surface area contributed by atoms with Crippen LogP contribution in [-0.4, -0.2) is 19.1 Å². The summed E-state index contributed by atoms with van der Waals surface area (Å²) in [7, 11) is 1.38. The summed E-state index contributed by atoms with van der Waals surface area (Å²) in [6.07, 6.45) is -0.677. The molecule has 8 heteroatoms. The van der Waals surface area contributed by atoms with Crippen LogP contribution in [0.1, 0.15) is 29.0 Å². The fraction of sp³-hybridized carbons (Fsp3) is 0.316. The minimum atomic E-state index is -0.766. The molecule has 27 heavy (non-hydrogen) atoms. The first-order valence-electron chi connectivity index (χ1n) is 7.99. The molecule has 0 aliphatic rings. The van der Waals surface area contributed by atoms with Crippen molar-refractivity contribution in [2.75, 3.05) is 7.11 Å². The van der Waals surface area contributed by atoms with Gasteiger partial charge >= 0.3 is 51.4 Å². The van der Waals surface area contributed by atoms with E-state index in [0.717, 1.165) is 23.3 Å². The van der Waals surface area contributed by atoms with Crippen LogP contribution in [0.3, 0.4) is 0 Å². The molecule has 1 unspecified atom stereocenters. The van der Waals surface area contributed by atoms with E-state index in [-0.39, 0.29) is 63.4 Å². The largest absolute Gasteiger partial charge is 1.00 e. The molecular weight excluding hydrogens is 403 g/mol. The van der Waals surface area contributed by atoms with Crippen molar-refractivity contribution in [2.45, 2.75) is 31.8 Å². The first-order valence-corrected chi connectivity index (χ1v) is 8.37. The molecule has 0 bridgehead atoms. The maximum absolute atomic E-state index is 14.4. The number of nitrogens with one attached hydrogen (secondary N) is 1. The third-order valence-corrected chi connectivity index (χ3v) is 4.59. The fourth-order valence-corrected chi connectivity index (χ4v) is 3.21. The average molecular weight is 422 g/mol. The van der Waals surface area contributed by atoms with E-state index in [0.29, 0.717) is 11.4 Å². The summed E-state index contributed by atoms with van der Waals surface area (Å²) < 4.78 is 33.1. The Morgan fingerprint density at radius 1 is 1.26 bits per heavy atom. The molecule has 2 rings (SSSR count). The van der Waals surface area contributed by atoms with E-state index in [1.54, 1.807) is 12.1 Å². The number of methoxy groups -OCH3 is 1. The van der Waals surface area contributed by atoms with Crippen LogP contribution in [0.5, 0.6) is 0 Å². The number of benzene rings is 2. The van der Waals surface area contributed by atoms with Gasteiger partial charge in [-0.05, 0) is 48.2 Å². The van der Waals surface area contributed by atoms with Crippen LogP contribution < -0.4 is 56.9 Å². The van der Waals surface area contributed by atoms with Gasteiger partial charge in [0.25, 0.3) is 0 Å². The molecule has 0 fully saturated rings. The molecule has 0 aliphatic heterocycles. The minimum absolute atomic E-state index is 0. The summed E-state index contributed by atoms with van der Waals surface area (Å²) in [6.45, 7) is 1.87. The normalized spacial score (nSPS) is 12.8. The number of amides is 1. The maximum atomic E-state index is 14.4. The van der Waals surface area contributed by atoms with Gasteiger partial charge in [-0.25, -0.2) is 8.78 Å². The van der Waals surface area contributed by atoms with Crippen LogP contribution in [0, 0.1) is 23.8 Å². The van der Waals surface area contributed by atoms with Crippen molar-refractivity contribution >= 4 is 17.5 Å². The topological polar surface area (TPSA) is 61.4 Å². The van der Waals surface area contributed by atoms with E-state index in [2.05, 4.69) is 0 Å². The average Bonchev–Trinajstić information content (AvgIpc) is 2.60. The summed E-state index contributed by atoms with van der Waals surface area (Å²) in [5, 5.41) is 11.2. The molecule has 0 saturated carbocycles. The van der Waals surface area contributed by atoms with E-state index in [9.17, 15) is 18.8 Å². The number of rotatable bonds is 7. The van der Waals surface area contributed by atoms with Gasteiger partial charge < -0.3 is 15.4 Å². The van der Waals surface area contributed by atoms with Crippen molar-refractivity contribution in [2.24, 2.45) is 0 Å². The molecule has 2 atom stereocenters. The number of ether oxygens (including phenoxy) is 1. The van der Waals surface area contributed by atoms with Gasteiger partial charge in [-0.15, -0.1) is 0 Å². The first kappa shape index (κ1) is 24.7. The standard InChI is InChI=1S/C19H19ClF2NO3.K/c1-11-7-13(20)4-3-12(11)8-16(18(26-2)10-19(24)23-25)15-6-5-14(21)9-17(15)22;/h3-7,9,16,18H,8,10H2,1-2H3,(H-,23,24,25);/q-1;+1/t16?,18-;/m1./s1. The van der Waals surface area contributed by atoms with Gasteiger partial charge in [0.05, 0.1) is 12.5 Å². The molecule has 2 aromatic rings. The predicted octanol–water partition coefficient (Wildman–Crippen LogP) is 1.28. The Labute approximate surface area is 204 Å². The van der Waals surface area contributed by atoms with Crippen LogP contribution in [0.4, 0.5) is 8.78 Å². The van der Waals surface area contributed by atoms with Gasteiger partial charge in [-0.1, -0.05) is 23.7 Å². The summed E-state index contributed by atoms with van der Waals surface area (Å²) in [5.74, 6) is -2.79. The Hall–Kier alpha value is -0.384. The molecular formula is C19H19ClF2KNO3. The zero-order valence-corrected chi connectivity index (χ0v) is 19.3. The summed E-state index contributed by atoms with van der Waals surface area (Å²) >= 11 is 5.98. The Morgan fingerprint density at radius 3 is 2.52 bits per heavy atom. The van der Waals surface area contributed by atoms with E-state index < -0.39 is 29.6 Å². The quantitative estimate of drug-likeness (QED) is 0.541. The van der Waals surface area contributed by atoms with Gasteiger partial charge in [0, 0.05) is 24.1 Å². The third-order valence-electron chi connectivity index (χ3n) is 4.36. The van der Waals surface area contributed by atoms with Crippen LogP contribution in [0.2, 0.25) is 5.02 Å². The number of hydroxylamine groups is 1. The number of hydrogen-bond donors (Lipinski definition) is 1. The van der Waals surface area contributed by atoms with Crippen molar-refractivity contribution in [3.8, 4) is 0 Å². The molecule has 1 N–H and O–H groups in total. The second-order valence-electron chi connectivity index (χ2n) is 6.05. The summed E-state index contributed by atoms with van der Waals surface area (Å²) in [4.78, 5) is 11.5. The number of aryl methyl sites for hydroxylation is 1. The monoisotopic (exact) mass is 421 g/mol. The Balaban J connectivity index is 0.00000364. The van der Waals surface area contributed by atoms with Gasteiger partial charge in [0.15, 0.2) is 0 Å². The Morgan fingerprint density at radius 2 is 1.96 bits per heavy atom. The van der Waals surface area contributed by atoms with Gasteiger partial charge in [-0.3, -0.25) is 4.79 Å². The van der Waals surface area contributed by atoms with Crippen LogP contribution in [0.25, 0.3) is 0 Å². The number of hydrogen-bond acceptors (Lipinski definition) is 3. The van der Waals surface area contributed by atoms with Crippen molar-refractivity contribution in [3.05, 3.63) is 75.0 Å². The summed E-state index contributed by atoms with van der Waals surface area (Å²) in [6, 6.07) is 8.58. The number of carbonyl (C=O) groups is 1. The maximum Gasteiger partial charge on any atom is 1.00 e. The number of halogens is 3. The molecule has 0 saturated heterocycles. The zero-order chi connectivity index (χ0) is 19.3. The first-order chi connectivity index (χ1) is 12.3. The van der Waals surface area contributed by atoms with Gasteiger partial charge in [-0.2, -0.15) is 0 Å². The Bertz CT molecular complexity index is 792. The van der Waals surface area contributed by atoms with Crippen molar-refractivity contribution < 1.29 is 69.7 Å². The third kappa shape index (κ3) is 6.87. The molecule has 2 aromatic carbocycles. The van der Waals surface area contributed by atoms with E-state index >= 15 is 0 Å². The number of carbonyl (C=O) groups excluding carboxylic acids is 1. The second kappa shape index (κ2) is 11.6. The molecule has 4 nitrogen and oxygen atoms in total. The smallest absolute Gasteiger partial charge is 0.759 e. The van der Waals surface area contributed by atoms with Crippen LogP contribution in [-0.2, 0) is 16.0 Å². The summed E-state index contributed by atoms with van der Waals surface area (Å²) in [5.41, 5.74) is 3.30.